The maximum atomic E-state index is 6.76. The smallest absolute Gasteiger partial charge is 0.137 e. The summed E-state index contributed by atoms with van der Waals surface area (Å²) in [6, 6.07) is 66.6. The zero-order valence-corrected chi connectivity index (χ0v) is 31.2. The molecule has 0 atom stereocenters. The normalized spacial score (nSPS) is 14.4. The number of furan rings is 1. The zero-order valence-electron chi connectivity index (χ0n) is 31.2. The van der Waals surface area contributed by atoms with Crippen molar-refractivity contribution < 1.29 is 4.42 Å². The Morgan fingerprint density at radius 1 is 0.418 bits per heavy atom. The Labute approximate surface area is 322 Å². The number of para-hydroxylation sites is 2. The summed E-state index contributed by atoms with van der Waals surface area (Å²) < 4.78 is 6.76. The van der Waals surface area contributed by atoms with E-state index >= 15 is 0 Å². The summed E-state index contributed by atoms with van der Waals surface area (Å²) in [6.07, 6.45) is 0. The molecule has 8 aromatic carbocycles. The molecule has 0 radical (unpaired) electrons. The number of benzene rings is 8. The first-order valence-electron chi connectivity index (χ1n) is 19.3. The Kier molecular flexibility index (Phi) is 6.76. The average Bonchev–Trinajstić information content (AvgIpc) is 3.82. The molecule has 0 unspecified atom stereocenters. The molecule has 55 heavy (non-hydrogen) atoms. The standard InChI is InChI=1S/C53H39NO/c1-52(2)44-21-11-7-17-39(44)42-30-27-35(31-47(42)52)34-25-28-38(29-26-34)54(37-15-5-4-6-16-37)48-32-36(33-50-51(48)43-20-10-14-24-49(43)55-50)53(3)45-22-12-8-18-40(45)41-19-9-13-23-46(41)53/h4-33H,1-3H3. The van der Waals surface area contributed by atoms with E-state index in [1.807, 2.05) is 0 Å². The van der Waals surface area contributed by atoms with Crippen LogP contribution in [0.1, 0.15) is 48.6 Å². The summed E-state index contributed by atoms with van der Waals surface area (Å²) in [5.74, 6) is 0. The van der Waals surface area contributed by atoms with Crippen molar-refractivity contribution >= 4 is 39.0 Å². The van der Waals surface area contributed by atoms with Crippen molar-refractivity contribution in [2.75, 3.05) is 4.90 Å². The average molecular weight is 706 g/mol. The van der Waals surface area contributed by atoms with Gasteiger partial charge in [0.15, 0.2) is 0 Å². The van der Waals surface area contributed by atoms with Crippen LogP contribution in [0.25, 0.3) is 55.3 Å². The Morgan fingerprint density at radius 2 is 0.964 bits per heavy atom. The second-order valence-electron chi connectivity index (χ2n) is 15.8. The molecule has 0 amide bonds. The van der Waals surface area contributed by atoms with Gasteiger partial charge in [-0.2, -0.15) is 0 Å². The topological polar surface area (TPSA) is 16.4 Å². The molecule has 0 fully saturated rings. The largest absolute Gasteiger partial charge is 0.456 e. The van der Waals surface area contributed by atoms with Gasteiger partial charge in [0.05, 0.1) is 11.1 Å². The molecule has 11 rings (SSSR count). The van der Waals surface area contributed by atoms with Crippen molar-refractivity contribution in [2.45, 2.75) is 31.6 Å². The van der Waals surface area contributed by atoms with Crippen LogP contribution in [-0.4, -0.2) is 0 Å². The number of hydrogen-bond acceptors (Lipinski definition) is 2. The molecular formula is C53H39NO. The van der Waals surface area contributed by atoms with Gasteiger partial charge in [-0.15, -0.1) is 0 Å². The number of fused-ring (bicyclic) bond motifs is 9. The molecule has 0 bridgehead atoms. The van der Waals surface area contributed by atoms with E-state index in [-0.39, 0.29) is 10.8 Å². The second-order valence-corrected chi connectivity index (χ2v) is 15.8. The number of nitrogens with zero attached hydrogens (tertiary/aromatic N) is 1. The first-order chi connectivity index (χ1) is 26.9. The number of rotatable bonds is 5. The molecular weight excluding hydrogens is 667 g/mol. The quantitative estimate of drug-likeness (QED) is 0.177. The number of hydrogen-bond donors (Lipinski definition) is 0. The van der Waals surface area contributed by atoms with Gasteiger partial charge in [0, 0.05) is 27.6 Å². The molecule has 0 spiro atoms. The minimum Gasteiger partial charge on any atom is -0.456 e. The summed E-state index contributed by atoms with van der Waals surface area (Å²) in [7, 11) is 0. The van der Waals surface area contributed by atoms with Crippen molar-refractivity contribution in [3.05, 3.63) is 210 Å². The molecule has 9 aromatic rings. The fourth-order valence-corrected chi connectivity index (χ4v) is 9.75. The van der Waals surface area contributed by atoms with Gasteiger partial charge in [-0.25, -0.2) is 0 Å². The zero-order chi connectivity index (χ0) is 36.9. The van der Waals surface area contributed by atoms with Crippen LogP contribution in [0.5, 0.6) is 0 Å². The summed E-state index contributed by atoms with van der Waals surface area (Å²) >= 11 is 0. The summed E-state index contributed by atoms with van der Waals surface area (Å²) in [6.45, 7) is 7.07. The van der Waals surface area contributed by atoms with Crippen molar-refractivity contribution in [1.29, 1.82) is 0 Å². The van der Waals surface area contributed by atoms with E-state index in [0.717, 1.165) is 39.0 Å². The van der Waals surface area contributed by atoms with Crippen LogP contribution in [-0.2, 0) is 10.8 Å². The van der Waals surface area contributed by atoms with Gasteiger partial charge in [-0.3, -0.25) is 0 Å². The molecule has 262 valence electrons. The molecule has 1 heterocycles. The van der Waals surface area contributed by atoms with Crippen LogP contribution >= 0.6 is 0 Å². The van der Waals surface area contributed by atoms with Crippen LogP contribution in [0, 0.1) is 0 Å². The molecule has 1 aromatic heterocycles. The second kappa shape index (κ2) is 11.7. The van der Waals surface area contributed by atoms with Gasteiger partial charge in [-0.1, -0.05) is 147 Å². The lowest BCUT2D eigenvalue weighted by molar-refractivity contribution is 0.660. The molecule has 0 N–H and O–H groups in total. The molecule has 2 aliphatic carbocycles. The highest BCUT2D eigenvalue weighted by molar-refractivity contribution is 6.14. The van der Waals surface area contributed by atoms with E-state index in [9.17, 15) is 0 Å². The highest BCUT2D eigenvalue weighted by atomic mass is 16.3. The van der Waals surface area contributed by atoms with Crippen molar-refractivity contribution in [1.82, 2.24) is 0 Å². The van der Waals surface area contributed by atoms with Crippen LogP contribution < -0.4 is 4.90 Å². The van der Waals surface area contributed by atoms with Crippen LogP contribution in [0.15, 0.2) is 186 Å². The lowest BCUT2D eigenvalue weighted by atomic mass is 9.74. The highest BCUT2D eigenvalue weighted by Crippen LogP contribution is 2.55. The van der Waals surface area contributed by atoms with Gasteiger partial charge in [0.2, 0.25) is 0 Å². The van der Waals surface area contributed by atoms with E-state index < -0.39 is 0 Å². The van der Waals surface area contributed by atoms with Crippen LogP contribution in [0.4, 0.5) is 17.1 Å². The fraction of sp³-hybridized carbons (Fsp3) is 0.0943. The van der Waals surface area contributed by atoms with Gasteiger partial charge in [-0.05, 0) is 117 Å². The Balaban J connectivity index is 1.11. The lowest BCUT2D eigenvalue weighted by Crippen LogP contribution is -2.23. The van der Waals surface area contributed by atoms with E-state index in [1.165, 1.54) is 61.2 Å². The Morgan fingerprint density at radius 3 is 1.67 bits per heavy atom. The summed E-state index contributed by atoms with van der Waals surface area (Å²) in [5, 5.41) is 2.21. The van der Waals surface area contributed by atoms with E-state index in [2.05, 4.69) is 208 Å². The SMILES string of the molecule is CC1(C)c2ccccc2-c2ccc(-c3ccc(N(c4ccccc4)c4cc(C5(C)c6ccccc6-c6ccccc65)cc5oc6ccccc6c45)cc3)cc21. The van der Waals surface area contributed by atoms with Crippen molar-refractivity contribution in [3.63, 3.8) is 0 Å². The molecule has 2 aliphatic rings. The van der Waals surface area contributed by atoms with Gasteiger partial charge in [0.1, 0.15) is 11.2 Å². The third-order valence-electron chi connectivity index (χ3n) is 12.6. The maximum absolute atomic E-state index is 6.76. The van der Waals surface area contributed by atoms with Gasteiger partial charge >= 0.3 is 0 Å². The first kappa shape index (κ1) is 31.8. The molecule has 0 aliphatic heterocycles. The molecule has 0 saturated heterocycles. The third-order valence-corrected chi connectivity index (χ3v) is 12.6. The predicted octanol–water partition coefficient (Wildman–Crippen LogP) is 14.4. The molecule has 2 nitrogen and oxygen atoms in total. The monoisotopic (exact) mass is 705 g/mol. The minimum absolute atomic E-state index is 0.0489. The van der Waals surface area contributed by atoms with E-state index in [0.29, 0.717) is 0 Å². The maximum Gasteiger partial charge on any atom is 0.137 e. The lowest BCUT2D eigenvalue weighted by Gasteiger charge is -2.31. The van der Waals surface area contributed by atoms with Crippen molar-refractivity contribution in [2.24, 2.45) is 0 Å². The summed E-state index contributed by atoms with van der Waals surface area (Å²) in [4.78, 5) is 2.41. The summed E-state index contributed by atoms with van der Waals surface area (Å²) in [5.41, 5.74) is 18.9. The number of anilines is 3. The van der Waals surface area contributed by atoms with E-state index in [4.69, 9.17) is 4.42 Å². The molecule has 2 heteroatoms. The van der Waals surface area contributed by atoms with Crippen LogP contribution in [0.3, 0.4) is 0 Å². The Hall–Kier alpha value is -6.64. The van der Waals surface area contributed by atoms with Gasteiger partial charge < -0.3 is 9.32 Å². The fourth-order valence-electron chi connectivity index (χ4n) is 9.75. The first-order valence-corrected chi connectivity index (χ1v) is 19.3. The van der Waals surface area contributed by atoms with Crippen LogP contribution in [0.2, 0.25) is 0 Å². The highest BCUT2D eigenvalue weighted by Gasteiger charge is 2.41. The van der Waals surface area contributed by atoms with E-state index in [1.54, 1.807) is 0 Å². The predicted molar refractivity (Wildman–Crippen MR) is 229 cm³/mol. The van der Waals surface area contributed by atoms with Gasteiger partial charge in [0.25, 0.3) is 0 Å². The molecule has 0 saturated carbocycles. The minimum atomic E-state index is -0.387. The Bertz CT molecular complexity index is 2920. The third kappa shape index (κ3) is 4.55. The van der Waals surface area contributed by atoms with Crippen molar-refractivity contribution in [3.8, 4) is 33.4 Å².